The molecule has 0 aliphatic rings. The van der Waals surface area contributed by atoms with Gasteiger partial charge in [0.25, 0.3) is 0 Å². The Morgan fingerprint density at radius 2 is 1.77 bits per heavy atom. The fourth-order valence-electron chi connectivity index (χ4n) is 3.18. The van der Waals surface area contributed by atoms with Gasteiger partial charge >= 0.3 is 6.18 Å². The molecule has 2 aromatic heterocycles. The van der Waals surface area contributed by atoms with Gasteiger partial charge in [-0.3, -0.25) is 0 Å². The van der Waals surface area contributed by atoms with E-state index in [1.54, 1.807) is 12.3 Å². The largest absolute Gasteiger partial charge is 0.416 e. The number of halogens is 3. The molecule has 0 unspecified atom stereocenters. The van der Waals surface area contributed by atoms with Gasteiger partial charge in [0.1, 0.15) is 5.82 Å². The molecule has 0 fully saturated rings. The molecule has 0 radical (unpaired) electrons. The SMILES string of the molecule is CSc1nc(-c2cccc(C(F)(F)F)c2)c(-c2ccnc(NCc3ccccc3)c2)[nH]1. The summed E-state index contributed by atoms with van der Waals surface area (Å²) in [6.07, 6.45) is -0.893. The Hall–Kier alpha value is -3.26. The minimum atomic E-state index is -4.42. The Kier molecular flexibility index (Phi) is 5.99. The molecule has 2 aromatic carbocycles. The van der Waals surface area contributed by atoms with Gasteiger partial charge in [-0.1, -0.05) is 54.2 Å². The average Bonchev–Trinajstić information content (AvgIpc) is 3.23. The smallest absolute Gasteiger partial charge is 0.366 e. The molecule has 4 aromatic rings. The van der Waals surface area contributed by atoms with Crippen molar-refractivity contribution < 1.29 is 13.2 Å². The van der Waals surface area contributed by atoms with Crippen LogP contribution in [0.15, 0.2) is 78.1 Å². The zero-order valence-corrected chi connectivity index (χ0v) is 17.4. The van der Waals surface area contributed by atoms with Crippen molar-refractivity contribution >= 4 is 17.6 Å². The van der Waals surface area contributed by atoms with Crippen LogP contribution in [0.3, 0.4) is 0 Å². The molecule has 2 heterocycles. The van der Waals surface area contributed by atoms with Crippen LogP contribution < -0.4 is 5.32 Å². The number of benzene rings is 2. The summed E-state index contributed by atoms with van der Waals surface area (Å²) in [4.78, 5) is 12.1. The molecule has 2 N–H and O–H groups in total. The van der Waals surface area contributed by atoms with Gasteiger partial charge in [0.2, 0.25) is 0 Å². The third-order valence-corrected chi connectivity index (χ3v) is 5.28. The van der Waals surface area contributed by atoms with Crippen molar-refractivity contribution in [3.63, 3.8) is 0 Å². The molecule has 8 heteroatoms. The summed E-state index contributed by atoms with van der Waals surface area (Å²) in [5, 5.41) is 3.90. The van der Waals surface area contributed by atoms with Crippen LogP contribution in [-0.4, -0.2) is 21.2 Å². The van der Waals surface area contributed by atoms with Gasteiger partial charge in [0.05, 0.1) is 17.0 Å². The van der Waals surface area contributed by atoms with E-state index in [0.29, 0.717) is 34.5 Å². The van der Waals surface area contributed by atoms with Crippen LogP contribution in [0.4, 0.5) is 19.0 Å². The van der Waals surface area contributed by atoms with Crippen molar-refractivity contribution in [1.29, 1.82) is 0 Å². The number of rotatable bonds is 6. The Labute approximate surface area is 182 Å². The maximum atomic E-state index is 13.2. The zero-order valence-electron chi connectivity index (χ0n) is 16.6. The summed E-state index contributed by atoms with van der Waals surface area (Å²) < 4.78 is 39.6. The van der Waals surface area contributed by atoms with Crippen molar-refractivity contribution in [2.45, 2.75) is 17.9 Å². The lowest BCUT2D eigenvalue weighted by Crippen LogP contribution is -2.04. The quantitative estimate of drug-likeness (QED) is 0.337. The van der Waals surface area contributed by atoms with Gasteiger partial charge in [-0.05, 0) is 36.1 Å². The van der Waals surface area contributed by atoms with E-state index in [1.807, 2.05) is 48.7 Å². The molecule has 158 valence electrons. The van der Waals surface area contributed by atoms with Crippen LogP contribution in [0.25, 0.3) is 22.5 Å². The number of H-pyrrole nitrogens is 1. The number of imidazole rings is 1. The van der Waals surface area contributed by atoms with Gasteiger partial charge in [0, 0.05) is 23.9 Å². The highest BCUT2D eigenvalue weighted by Gasteiger charge is 2.31. The lowest BCUT2D eigenvalue weighted by Gasteiger charge is -2.10. The van der Waals surface area contributed by atoms with Gasteiger partial charge in [0.15, 0.2) is 5.16 Å². The van der Waals surface area contributed by atoms with Crippen molar-refractivity contribution in [1.82, 2.24) is 15.0 Å². The van der Waals surface area contributed by atoms with Crippen LogP contribution in [0.1, 0.15) is 11.1 Å². The number of alkyl halides is 3. The highest BCUT2D eigenvalue weighted by Crippen LogP contribution is 2.36. The van der Waals surface area contributed by atoms with Gasteiger partial charge in [-0.25, -0.2) is 9.97 Å². The number of hydrogen-bond acceptors (Lipinski definition) is 4. The minimum Gasteiger partial charge on any atom is -0.366 e. The topological polar surface area (TPSA) is 53.6 Å². The number of aromatic amines is 1. The first-order valence-corrected chi connectivity index (χ1v) is 10.7. The number of pyridine rings is 1. The van der Waals surface area contributed by atoms with E-state index in [-0.39, 0.29) is 0 Å². The molecule has 0 saturated carbocycles. The summed E-state index contributed by atoms with van der Waals surface area (Å²) in [6.45, 7) is 0.608. The number of aromatic nitrogens is 3. The normalized spacial score (nSPS) is 11.5. The number of nitrogens with zero attached hydrogens (tertiary/aromatic N) is 2. The van der Waals surface area contributed by atoms with Crippen molar-refractivity contribution in [3.05, 3.63) is 84.1 Å². The average molecular weight is 440 g/mol. The molecular formula is C23H19F3N4S. The second-order valence-electron chi connectivity index (χ2n) is 6.82. The maximum absolute atomic E-state index is 13.2. The van der Waals surface area contributed by atoms with Crippen molar-refractivity contribution in [2.24, 2.45) is 0 Å². The predicted octanol–water partition coefficient (Wildman–Crippen LogP) is 6.49. The molecule has 0 aliphatic heterocycles. The van der Waals surface area contributed by atoms with E-state index < -0.39 is 11.7 Å². The van der Waals surface area contributed by atoms with E-state index >= 15 is 0 Å². The lowest BCUT2D eigenvalue weighted by molar-refractivity contribution is -0.137. The van der Waals surface area contributed by atoms with Gasteiger partial charge in [-0.15, -0.1) is 0 Å². The van der Waals surface area contributed by atoms with Crippen LogP contribution in [0.2, 0.25) is 0 Å². The highest BCUT2D eigenvalue weighted by molar-refractivity contribution is 7.98. The summed E-state index contributed by atoms with van der Waals surface area (Å²) in [5.41, 5.74) is 2.71. The summed E-state index contributed by atoms with van der Waals surface area (Å²) in [6, 6.07) is 18.8. The fraction of sp³-hybridized carbons (Fsp3) is 0.130. The molecule has 4 nitrogen and oxygen atoms in total. The highest BCUT2D eigenvalue weighted by atomic mass is 32.2. The van der Waals surface area contributed by atoms with E-state index in [4.69, 9.17) is 0 Å². The fourth-order valence-corrected chi connectivity index (χ4v) is 3.57. The van der Waals surface area contributed by atoms with Crippen molar-refractivity contribution in [3.8, 4) is 22.5 Å². The first-order chi connectivity index (χ1) is 14.9. The molecule has 0 saturated heterocycles. The third-order valence-electron chi connectivity index (χ3n) is 4.70. The van der Waals surface area contributed by atoms with Crippen LogP contribution in [0.5, 0.6) is 0 Å². The van der Waals surface area contributed by atoms with Gasteiger partial charge in [-0.2, -0.15) is 13.2 Å². The molecule has 31 heavy (non-hydrogen) atoms. The number of hydrogen-bond donors (Lipinski definition) is 2. The van der Waals surface area contributed by atoms with Crippen molar-refractivity contribution in [2.75, 3.05) is 11.6 Å². The number of nitrogens with one attached hydrogen (secondary N) is 2. The Bertz CT molecular complexity index is 1170. The van der Waals surface area contributed by atoms with E-state index in [1.165, 1.54) is 17.8 Å². The monoisotopic (exact) mass is 440 g/mol. The molecule has 0 bridgehead atoms. The second kappa shape index (κ2) is 8.85. The van der Waals surface area contributed by atoms with E-state index in [0.717, 1.165) is 23.3 Å². The van der Waals surface area contributed by atoms with Crippen LogP contribution in [-0.2, 0) is 12.7 Å². The molecule has 0 atom stereocenters. The maximum Gasteiger partial charge on any atom is 0.416 e. The first kappa shape index (κ1) is 21.0. The Morgan fingerprint density at radius 3 is 2.52 bits per heavy atom. The first-order valence-electron chi connectivity index (χ1n) is 9.50. The number of anilines is 1. The standard InChI is InChI=1S/C23H19F3N4S/c1-31-22-29-20(16-8-5-9-18(12-16)23(24,25)26)21(30-22)17-10-11-27-19(13-17)28-14-15-6-3-2-4-7-15/h2-13H,14H2,1H3,(H,27,28)(H,29,30). The van der Waals surface area contributed by atoms with Gasteiger partial charge < -0.3 is 10.3 Å². The molecule has 0 amide bonds. The lowest BCUT2D eigenvalue weighted by atomic mass is 10.0. The summed E-state index contributed by atoms with van der Waals surface area (Å²) >= 11 is 1.39. The third kappa shape index (κ3) is 4.91. The zero-order chi connectivity index (χ0) is 21.8. The van der Waals surface area contributed by atoms with E-state index in [9.17, 15) is 13.2 Å². The second-order valence-corrected chi connectivity index (χ2v) is 7.61. The molecule has 0 aliphatic carbocycles. The minimum absolute atomic E-state index is 0.400. The Morgan fingerprint density at radius 1 is 0.968 bits per heavy atom. The Balaban J connectivity index is 1.68. The molecule has 4 rings (SSSR count). The number of thioether (sulfide) groups is 1. The van der Waals surface area contributed by atoms with Crippen LogP contribution in [0, 0.1) is 0 Å². The molecular weight excluding hydrogens is 421 g/mol. The van der Waals surface area contributed by atoms with Crippen LogP contribution >= 0.6 is 11.8 Å². The van der Waals surface area contributed by atoms with E-state index in [2.05, 4.69) is 20.3 Å². The molecule has 0 spiro atoms. The predicted molar refractivity (Wildman–Crippen MR) is 118 cm³/mol. The summed E-state index contributed by atoms with van der Waals surface area (Å²) in [5.74, 6) is 0.664. The summed E-state index contributed by atoms with van der Waals surface area (Å²) in [7, 11) is 0.